The van der Waals surface area contributed by atoms with Crippen molar-refractivity contribution in [2.45, 2.75) is 5.41 Å². The van der Waals surface area contributed by atoms with E-state index < -0.39 is 5.41 Å². The molecule has 11 aromatic rings. The van der Waals surface area contributed by atoms with Gasteiger partial charge in [0.2, 0.25) is 0 Å². The van der Waals surface area contributed by atoms with Gasteiger partial charge in [-0.3, -0.25) is 0 Å². The molecule has 0 radical (unpaired) electrons. The van der Waals surface area contributed by atoms with E-state index in [9.17, 15) is 0 Å². The predicted octanol–water partition coefficient (Wildman–Crippen LogP) is 17.8. The summed E-state index contributed by atoms with van der Waals surface area (Å²) in [5.41, 5.74) is 25.0. The number of hydrogen-bond acceptors (Lipinski definition) is 1. The van der Waals surface area contributed by atoms with E-state index in [0.717, 1.165) is 39.3 Å². The van der Waals surface area contributed by atoms with Gasteiger partial charge in [-0.15, -0.1) is 0 Å². The van der Waals surface area contributed by atoms with Crippen LogP contribution in [-0.4, -0.2) is 0 Å². The van der Waals surface area contributed by atoms with Crippen LogP contribution in [0.15, 0.2) is 273 Å². The number of benzene rings is 11. The molecule has 68 heavy (non-hydrogen) atoms. The third-order valence-corrected chi connectivity index (χ3v) is 14.3. The maximum absolute atomic E-state index is 2.53. The van der Waals surface area contributed by atoms with Crippen molar-refractivity contribution in [3.8, 4) is 77.9 Å². The molecule has 11 aromatic carbocycles. The first-order chi connectivity index (χ1) is 33.8. The average Bonchev–Trinajstić information content (AvgIpc) is 3.89. The third kappa shape index (κ3) is 6.10. The van der Waals surface area contributed by atoms with Crippen molar-refractivity contribution < 1.29 is 0 Å². The Morgan fingerprint density at radius 1 is 0.221 bits per heavy atom. The van der Waals surface area contributed by atoms with Gasteiger partial charge in [0, 0.05) is 16.8 Å². The summed E-state index contributed by atoms with van der Waals surface area (Å²) in [6, 6.07) is 101. The standard InChI is InChI=1S/C67H45N/c1-4-23-46(24-5-1)50-29-10-11-35-58(50)66-52(48-27-8-3-9-28-48)36-22-37-59(66)57-34-16-21-42-65(57)68(64-41-20-15-30-51(64)47-25-6-2-7-26-47)49-43-44-56-55-33-14-19-40-62(55)67(63(56)45-49)60-38-17-12-31-53(60)54-32-13-18-39-61(54)67/h1-45H. The fraction of sp³-hybridized carbons (Fsp3) is 0.0149. The van der Waals surface area contributed by atoms with Gasteiger partial charge in [0.15, 0.2) is 0 Å². The molecule has 0 heterocycles. The van der Waals surface area contributed by atoms with E-state index in [1.165, 1.54) is 77.9 Å². The Balaban J connectivity index is 1.11. The van der Waals surface area contributed by atoms with Gasteiger partial charge in [-0.25, -0.2) is 0 Å². The second-order valence-electron chi connectivity index (χ2n) is 17.9. The van der Waals surface area contributed by atoms with E-state index in [0.29, 0.717) is 0 Å². The van der Waals surface area contributed by atoms with Gasteiger partial charge in [-0.1, -0.05) is 249 Å². The van der Waals surface area contributed by atoms with Crippen LogP contribution in [-0.2, 0) is 5.41 Å². The molecule has 0 unspecified atom stereocenters. The average molecular weight is 864 g/mol. The highest BCUT2D eigenvalue weighted by Crippen LogP contribution is 2.63. The minimum absolute atomic E-state index is 0.488. The van der Waals surface area contributed by atoms with Gasteiger partial charge in [-0.05, 0) is 113 Å². The van der Waals surface area contributed by atoms with E-state index in [-0.39, 0.29) is 0 Å². The lowest BCUT2D eigenvalue weighted by Crippen LogP contribution is -2.26. The van der Waals surface area contributed by atoms with Crippen LogP contribution in [0.3, 0.4) is 0 Å². The molecule has 0 N–H and O–H groups in total. The SMILES string of the molecule is c1ccc(-c2ccccc2-c2c(-c3ccccc3)cccc2-c2ccccc2N(c2ccc3c(c2)C2(c4ccccc4-c4ccccc42)c2ccccc2-3)c2ccccc2-c2ccccc2)cc1. The van der Waals surface area contributed by atoms with Gasteiger partial charge in [0.25, 0.3) is 0 Å². The second kappa shape index (κ2) is 16.3. The Morgan fingerprint density at radius 3 is 1.15 bits per heavy atom. The number of hydrogen-bond donors (Lipinski definition) is 0. The lowest BCUT2D eigenvalue weighted by Gasteiger charge is -2.33. The molecule has 0 fully saturated rings. The molecule has 0 saturated carbocycles. The molecule has 2 aliphatic carbocycles. The minimum atomic E-state index is -0.488. The van der Waals surface area contributed by atoms with Crippen molar-refractivity contribution in [2.24, 2.45) is 0 Å². The summed E-state index contributed by atoms with van der Waals surface area (Å²) in [5, 5.41) is 0. The molecule has 0 aliphatic heterocycles. The molecule has 1 heteroatoms. The normalized spacial score (nSPS) is 12.5. The van der Waals surface area contributed by atoms with Crippen molar-refractivity contribution in [3.63, 3.8) is 0 Å². The van der Waals surface area contributed by atoms with Crippen LogP contribution in [0.5, 0.6) is 0 Å². The fourth-order valence-electron chi connectivity index (χ4n) is 11.6. The van der Waals surface area contributed by atoms with Crippen molar-refractivity contribution >= 4 is 17.1 Å². The van der Waals surface area contributed by atoms with Crippen molar-refractivity contribution in [1.29, 1.82) is 0 Å². The second-order valence-corrected chi connectivity index (χ2v) is 17.9. The zero-order chi connectivity index (χ0) is 45.0. The van der Waals surface area contributed by atoms with E-state index in [2.05, 4.69) is 278 Å². The van der Waals surface area contributed by atoms with Crippen LogP contribution in [0.4, 0.5) is 17.1 Å². The van der Waals surface area contributed by atoms with Crippen LogP contribution in [0, 0.1) is 0 Å². The monoisotopic (exact) mass is 863 g/mol. The molecule has 0 saturated heterocycles. The Bertz CT molecular complexity index is 3620. The van der Waals surface area contributed by atoms with E-state index in [1.807, 2.05) is 0 Å². The van der Waals surface area contributed by atoms with Crippen molar-refractivity contribution in [1.82, 2.24) is 0 Å². The van der Waals surface area contributed by atoms with Crippen molar-refractivity contribution in [3.05, 3.63) is 295 Å². The first kappa shape index (κ1) is 39.6. The summed E-state index contributed by atoms with van der Waals surface area (Å²) in [4.78, 5) is 2.53. The maximum atomic E-state index is 2.53. The number of para-hydroxylation sites is 2. The Hall–Kier alpha value is -8.78. The van der Waals surface area contributed by atoms with E-state index >= 15 is 0 Å². The van der Waals surface area contributed by atoms with Crippen molar-refractivity contribution in [2.75, 3.05) is 4.90 Å². The molecule has 2 aliphatic rings. The van der Waals surface area contributed by atoms with Crippen LogP contribution in [0.25, 0.3) is 77.9 Å². The molecule has 13 rings (SSSR count). The van der Waals surface area contributed by atoms with Gasteiger partial charge < -0.3 is 4.90 Å². The lowest BCUT2D eigenvalue weighted by atomic mass is 9.70. The maximum Gasteiger partial charge on any atom is 0.0726 e. The predicted molar refractivity (Wildman–Crippen MR) is 285 cm³/mol. The quantitative estimate of drug-likeness (QED) is 0.147. The number of anilines is 3. The highest BCUT2D eigenvalue weighted by Gasteiger charge is 2.51. The Labute approximate surface area is 398 Å². The van der Waals surface area contributed by atoms with Gasteiger partial charge in [0.05, 0.1) is 16.8 Å². The molecule has 0 bridgehead atoms. The molecular formula is C67H45N. The largest absolute Gasteiger partial charge is 0.309 e. The summed E-state index contributed by atoms with van der Waals surface area (Å²) in [6.45, 7) is 0. The Morgan fingerprint density at radius 2 is 0.588 bits per heavy atom. The molecule has 0 amide bonds. The van der Waals surface area contributed by atoms with Crippen LogP contribution in [0.1, 0.15) is 22.3 Å². The molecule has 0 aromatic heterocycles. The summed E-state index contributed by atoms with van der Waals surface area (Å²) < 4.78 is 0. The van der Waals surface area contributed by atoms with E-state index in [1.54, 1.807) is 0 Å². The molecule has 1 nitrogen and oxygen atoms in total. The number of nitrogens with zero attached hydrogens (tertiary/aromatic N) is 1. The lowest BCUT2D eigenvalue weighted by molar-refractivity contribution is 0.793. The molecule has 1 spiro atoms. The molecule has 0 atom stereocenters. The summed E-state index contributed by atoms with van der Waals surface area (Å²) in [7, 11) is 0. The van der Waals surface area contributed by atoms with E-state index in [4.69, 9.17) is 0 Å². The summed E-state index contributed by atoms with van der Waals surface area (Å²) in [5.74, 6) is 0. The molecule has 318 valence electrons. The topological polar surface area (TPSA) is 3.24 Å². The summed E-state index contributed by atoms with van der Waals surface area (Å²) >= 11 is 0. The van der Waals surface area contributed by atoms with Crippen LogP contribution < -0.4 is 4.90 Å². The Kier molecular flexibility index (Phi) is 9.47. The highest BCUT2D eigenvalue weighted by molar-refractivity contribution is 6.04. The van der Waals surface area contributed by atoms with Gasteiger partial charge in [0.1, 0.15) is 0 Å². The number of rotatable bonds is 8. The zero-order valence-electron chi connectivity index (χ0n) is 37.4. The third-order valence-electron chi connectivity index (χ3n) is 14.3. The van der Waals surface area contributed by atoms with Gasteiger partial charge >= 0.3 is 0 Å². The zero-order valence-corrected chi connectivity index (χ0v) is 37.4. The highest BCUT2D eigenvalue weighted by atomic mass is 15.1. The first-order valence-corrected chi connectivity index (χ1v) is 23.6. The first-order valence-electron chi connectivity index (χ1n) is 23.6. The number of fused-ring (bicyclic) bond motifs is 10. The van der Waals surface area contributed by atoms with Crippen LogP contribution in [0.2, 0.25) is 0 Å². The van der Waals surface area contributed by atoms with Crippen LogP contribution >= 0.6 is 0 Å². The van der Waals surface area contributed by atoms with Gasteiger partial charge in [-0.2, -0.15) is 0 Å². The molecular weight excluding hydrogens is 819 g/mol. The minimum Gasteiger partial charge on any atom is -0.309 e. The smallest absolute Gasteiger partial charge is 0.0726 e. The summed E-state index contributed by atoms with van der Waals surface area (Å²) in [6.07, 6.45) is 0. The fourth-order valence-corrected chi connectivity index (χ4v) is 11.6.